The number of rotatable bonds is 3. The molecule has 0 amide bonds. The molecule has 3 atom stereocenters. The summed E-state index contributed by atoms with van der Waals surface area (Å²) in [6, 6.07) is 22.1. The summed E-state index contributed by atoms with van der Waals surface area (Å²) in [6.07, 6.45) is 2.55. The zero-order valence-electron chi connectivity index (χ0n) is 16.8. The standard InChI is InChI=1S/C24H28N6/c25-19-7-1-15(2-8-19)16-13-23(29,17-3-9-20(26)10-4-17)22(28)24(30,14-16)18-5-11-21(27)12-6-18/h1-13,22H,14,25-30H2. The molecule has 0 radical (unpaired) electrons. The molecule has 1 aliphatic rings. The molecule has 3 aromatic rings. The highest BCUT2D eigenvalue weighted by molar-refractivity contribution is 5.72. The molecule has 4 rings (SSSR count). The average molecular weight is 401 g/mol. The Kier molecular flexibility index (Phi) is 4.78. The van der Waals surface area contributed by atoms with E-state index in [-0.39, 0.29) is 0 Å². The first kappa shape index (κ1) is 20.0. The van der Waals surface area contributed by atoms with Crippen molar-refractivity contribution >= 4 is 22.6 Å². The maximum Gasteiger partial charge on any atom is 0.0776 e. The second kappa shape index (κ2) is 7.18. The Morgan fingerprint density at radius 3 is 1.57 bits per heavy atom. The van der Waals surface area contributed by atoms with Crippen molar-refractivity contribution in [2.45, 2.75) is 23.5 Å². The van der Waals surface area contributed by atoms with E-state index in [1.807, 2.05) is 78.9 Å². The van der Waals surface area contributed by atoms with Gasteiger partial charge in [-0.1, -0.05) is 42.5 Å². The third kappa shape index (κ3) is 3.31. The van der Waals surface area contributed by atoms with Crippen molar-refractivity contribution in [1.82, 2.24) is 0 Å². The minimum absolute atomic E-state index is 0.524. The molecule has 0 aromatic heterocycles. The quantitative estimate of drug-likeness (QED) is 0.370. The van der Waals surface area contributed by atoms with Gasteiger partial charge in [-0.15, -0.1) is 0 Å². The van der Waals surface area contributed by atoms with E-state index >= 15 is 0 Å². The molecule has 0 spiro atoms. The van der Waals surface area contributed by atoms with Gasteiger partial charge in [-0.2, -0.15) is 0 Å². The van der Waals surface area contributed by atoms with E-state index in [0.717, 1.165) is 22.3 Å². The summed E-state index contributed by atoms with van der Waals surface area (Å²) in [5, 5.41) is 0. The molecule has 6 nitrogen and oxygen atoms in total. The van der Waals surface area contributed by atoms with Crippen LogP contribution < -0.4 is 34.4 Å². The van der Waals surface area contributed by atoms with Gasteiger partial charge in [0.25, 0.3) is 0 Å². The van der Waals surface area contributed by atoms with Crippen molar-refractivity contribution in [2.24, 2.45) is 17.2 Å². The van der Waals surface area contributed by atoms with Crippen LogP contribution in [0.25, 0.3) is 5.57 Å². The van der Waals surface area contributed by atoms with E-state index in [4.69, 9.17) is 34.4 Å². The number of hydrogen-bond donors (Lipinski definition) is 6. The minimum atomic E-state index is -1.00. The topological polar surface area (TPSA) is 156 Å². The third-order valence-corrected chi connectivity index (χ3v) is 6.11. The minimum Gasteiger partial charge on any atom is -0.399 e. The highest BCUT2D eigenvalue weighted by Crippen LogP contribution is 2.45. The molecule has 0 bridgehead atoms. The first-order valence-electron chi connectivity index (χ1n) is 9.85. The lowest BCUT2D eigenvalue weighted by Crippen LogP contribution is -2.67. The van der Waals surface area contributed by atoms with E-state index in [9.17, 15) is 0 Å². The average Bonchev–Trinajstić information content (AvgIpc) is 2.73. The zero-order valence-corrected chi connectivity index (χ0v) is 16.8. The van der Waals surface area contributed by atoms with Crippen LogP contribution in [0, 0.1) is 0 Å². The number of nitrogen functional groups attached to an aromatic ring is 3. The normalized spacial score (nSPS) is 26.2. The highest BCUT2D eigenvalue weighted by Gasteiger charge is 2.49. The van der Waals surface area contributed by atoms with Gasteiger partial charge in [0.2, 0.25) is 0 Å². The summed E-state index contributed by atoms with van der Waals surface area (Å²) >= 11 is 0. The lowest BCUT2D eigenvalue weighted by atomic mass is 9.63. The maximum atomic E-state index is 7.04. The molecule has 6 heteroatoms. The van der Waals surface area contributed by atoms with Crippen molar-refractivity contribution in [3.8, 4) is 0 Å². The summed E-state index contributed by atoms with van der Waals surface area (Å²) in [4.78, 5) is 0. The largest absolute Gasteiger partial charge is 0.399 e. The second-order valence-electron chi connectivity index (χ2n) is 8.16. The van der Waals surface area contributed by atoms with Gasteiger partial charge in [0.15, 0.2) is 0 Å². The summed E-state index contributed by atoms with van der Waals surface area (Å²) in [6.45, 7) is 0. The Bertz CT molecular complexity index is 1070. The van der Waals surface area contributed by atoms with Gasteiger partial charge in [0.1, 0.15) is 0 Å². The molecule has 0 saturated carbocycles. The van der Waals surface area contributed by atoms with E-state index < -0.39 is 17.1 Å². The van der Waals surface area contributed by atoms with Crippen LogP contribution in [-0.4, -0.2) is 6.04 Å². The van der Waals surface area contributed by atoms with Crippen LogP contribution in [0.15, 0.2) is 78.9 Å². The lowest BCUT2D eigenvalue weighted by Gasteiger charge is -2.49. The lowest BCUT2D eigenvalue weighted by molar-refractivity contribution is 0.256. The fourth-order valence-corrected chi connectivity index (χ4v) is 4.27. The molecule has 0 heterocycles. The number of anilines is 3. The Morgan fingerprint density at radius 1 is 0.633 bits per heavy atom. The van der Waals surface area contributed by atoms with Gasteiger partial charge >= 0.3 is 0 Å². The fourth-order valence-electron chi connectivity index (χ4n) is 4.27. The summed E-state index contributed by atoms with van der Waals surface area (Å²) in [7, 11) is 0. The smallest absolute Gasteiger partial charge is 0.0776 e. The monoisotopic (exact) mass is 400 g/mol. The van der Waals surface area contributed by atoms with E-state index in [0.29, 0.717) is 23.5 Å². The molecule has 3 aromatic carbocycles. The van der Waals surface area contributed by atoms with Crippen molar-refractivity contribution in [3.05, 3.63) is 95.6 Å². The van der Waals surface area contributed by atoms with E-state index in [2.05, 4.69) is 0 Å². The van der Waals surface area contributed by atoms with Gasteiger partial charge in [0.05, 0.1) is 17.1 Å². The van der Waals surface area contributed by atoms with E-state index in [1.54, 1.807) is 0 Å². The molecular weight excluding hydrogens is 372 g/mol. The number of hydrogen-bond acceptors (Lipinski definition) is 6. The van der Waals surface area contributed by atoms with Crippen molar-refractivity contribution in [2.75, 3.05) is 17.2 Å². The van der Waals surface area contributed by atoms with Crippen molar-refractivity contribution in [3.63, 3.8) is 0 Å². The highest BCUT2D eigenvalue weighted by atomic mass is 15.0. The molecule has 0 fully saturated rings. The van der Waals surface area contributed by atoms with Crippen LogP contribution in [0.3, 0.4) is 0 Å². The van der Waals surface area contributed by atoms with Crippen molar-refractivity contribution < 1.29 is 0 Å². The van der Waals surface area contributed by atoms with Crippen LogP contribution in [0.1, 0.15) is 23.1 Å². The van der Waals surface area contributed by atoms with Crippen LogP contribution in [-0.2, 0) is 11.1 Å². The van der Waals surface area contributed by atoms with Crippen molar-refractivity contribution in [1.29, 1.82) is 0 Å². The molecule has 3 unspecified atom stereocenters. The van der Waals surface area contributed by atoms with Gasteiger partial charge in [-0.25, -0.2) is 0 Å². The summed E-state index contributed by atoms with van der Waals surface area (Å²) in [5.74, 6) is 0. The molecule has 154 valence electrons. The Morgan fingerprint density at radius 2 is 1.07 bits per heavy atom. The fraction of sp³-hybridized carbons (Fsp3) is 0.167. The van der Waals surface area contributed by atoms with Gasteiger partial charge < -0.3 is 34.4 Å². The Labute approximate surface area is 176 Å². The van der Waals surface area contributed by atoms with Gasteiger partial charge in [-0.05, 0) is 65.1 Å². The first-order chi connectivity index (χ1) is 14.2. The third-order valence-electron chi connectivity index (χ3n) is 6.11. The maximum absolute atomic E-state index is 7.04. The van der Waals surface area contributed by atoms with Crippen LogP contribution >= 0.6 is 0 Å². The summed E-state index contributed by atoms with van der Waals surface area (Å²) in [5.41, 5.74) is 42.4. The van der Waals surface area contributed by atoms with Crippen LogP contribution in [0.5, 0.6) is 0 Å². The Hall–Kier alpha value is -3.32. The van der Waals surface area contributed by atoms with Crippen LogP contribution in [0.4, 0.5) is 17.1 Å². The SMILES string of the molecule is Nc1ccc(C2=CC(N)(c3ccc(N)cc3)C(N)C(N)(c3ccc(N)cc3)C2)cc1. The van der Waals surface area contributed by atoms with Gasteiger partial charge in [0, 0.05) is 17.1 Å². The first-order valence-corrected chi connectivity index (χ1v) is 9.85. The molecule has 12 N–H and O–H groups in total. The number of nitrogens with two attached hydrogens (primary N) is 6. The molecule has 30 heavy (non-hydrogen) atoms. The number of benzene rings is 3. The second-order valence-corrected chi connectivity index (χ2v) is 8.16. The van der Waals surface area contributed by atoms with Crippen LogP contribution in [0.2, 0.25) is 0 Å². The Balaban J connectivity index is 1.90. The molecular formula is C24H28N6. The predicted octanol–water partition coefficient (Wildman–Crippen LogP) is 2.26. The molecule has 0 aliphatic heterocycles. The van der Waals surface area contributed by atoms with Gasteiger partial charge in [-0.3, -0.25) is 0 Å². The molecule has 1 aliphatic carbocycles. The molecule has 0 saturated heterocycles. The predicted molar refractivity (Wildman–Crippen MR) is 125 cm³/mol. The summed E-state index contributed by atoms with van der Waals surface area (Å²) < 4.78 is 0. The zero-order chi connectivity index (χ0) is 21.5. The van der Waals surface area contributed by atoms with E-state index in [1.165, 1.54) is 0 Å².